The summed E-state index contributed by atoms with van der Waals surface area (Å²) in [4.78, 5) is 25.4. The zero-order chi connectivity index (χ0) is 26.7. The van der Waals surface area contributed by atoms with Crippen LogP contribution < -0.4 is 15.4 Å². The van der Waals surface area contributed by atoms with Gasteiger partial charge in [0.1, 0.15) is 5.75 Å². The van der Waals surface area contributed by atoms with Crippen LogP contribution in [0, 0.1) is 0 Å². The summed E-state index contributed by atoms with van der Waals surface area (Å²) >= 11 is 0. The molecule has 2 N–H and O–H groups in total. The molecular formula is C30H23F3N2O3. The number of hydrogen-bond acceptors (Lipinski definition) is 3. The molecule has 1 aliphatic carbocycles. The van der Waals surface area contributed by atoms with Gasteiger partial charge >= 0.3 is 12.3 Å². The van der Waals surface area contributed by atoms with E-state index in [0.717, 1.165) is 23.3 Å². The van der Waals surface area contributed by atoms with Crippen molar-refractivity contribution in [1.82, 2.24) is 5.32 Å². The molecule has 192 valence electrons. The molecule has 5 nitrogen and oxygen atoms in total. The van der Waals surface area contributed by atoms with Crippen molar-refractivity contribution in [2.75, 3.05) is 5.32 Å². The number of nitrogens with one attached hydrogen (secondary N) is 2. The highest BCUT2D eigenvalue weighted by Gasteiger charge is 2.30. The Balaban J connectivity index is 1.26. The molecule has 0 aliphatic heterocycles. The standard InChI is InChI=1S/C30H23F3N2O3/c31-30(32,33)22-13-10-19(11-14-22)26-8-4-5-9-27(26)28(36)34-23-15-12-20-16-24(18-21(20)17-23)35-29(37)38-25-6-2-1-3-7-25/h1-15,17,24H,16,18H2,(H,34,36)(H,35,37). The zero-order valence-electron chi connectivity index (χ0n) is 20.1. The molecule has 4 aromatic carbocycles. The molecule has 0 fully saturated rings. The number of alkyl halides is 3. The van der Waals surface area contributed by atoms with Crippen LogP contribution in [0.1, 0.15) is 27.0 Å². The molecular weight excluding hydrogens is 493 g/mol. The Hall–Kier alpha value is -4.59. The van der Waals surface area contributed by atoms with Crippen LogP contribution in [-0.4, -0.2) is 18.0 Å². The summed E-state index contributed by atoms with van der Waals surface area (Å²) in [5, 5.41) is 5.77. The van der Waals surface area contributed by atoms with Crippen LogP contribution in [0.3, 0.4) is 0 Å². The van der Waals surface area contributed by atoms with Crippen molar-refractivity contribution >= 4 is 17.7 Å². The fourth-order valence-electron chi connectivity index (χ4n) is 4.56. The molecule has 1 aliphatic rings. The summed E-state index contributed by atoms with van der Waals surface area (Å²) in [6, 6.07) is 25.8. The maximum absolute atomic E-state index is 13.2. The van der Waals surface area contributed by atoms with Crippen molar-refractivity contribution in [2.45, 2.75) is 25.1 Å². The smallest absolute Gasteiger partial charge is 0.410 e. The maximum Gasteiger partial charge on any atom is 0.416 e. The van der Waals surface area contributed by atoms with E-state index in [1.54, 1.807) is 54.6 Å². The topological polar surface area (TPSA) is 67.4 Å². The lowest BCUT2D eigenvalue weighted by atomic mass is 9.98. The third-order valence-electron chi connectivity index (χ3n) is 6.37. The molecule has 0 aromatic heterocycles. The van der Waals surface area contributed by atoms with Crippen LogP contribution in [0.25, 0.3) is 11.1 Å². The van der Waals surface area contributed by atoms with Gasteiger partial charge < -0.3 is 15.4 Å². The van der Waals surface area contributed by atoms with Gasteiger partial charge in [0, 0.05) is 17.3 Å². The number of carbonyl (C=O) groups is 2. The van der Waals surface area contributed by atoms with Crippen molar-refractivity contribution < 1.29 is 27.5 Å². The normalized spacial score (nSPS) is 14.4. The molecule has 0 heterocycles. The Morgan fingerprint density at radius 2 is 1.47 bits per heavy atom. The van der Waals surface area contributed by atoms with Gasteiger partial charge in [-0.15, -0.1) is 0 Å². The molecule has 0 radical (unpaired) electrons. The van der Waals surface area contributed by atoms with E-state index in [-0.39, 0.29) is 11.9 Å². The molecule has 8 heteroatoms. The first-order valence-electron chi connectivity index (χ1n) is 12.0. The van der Waals surface area contributed by atoms with Crippen LogP contribution in [0.15, 0.2) is 97.1 Å². The van der Waals surface area contributed by atoms with Crippen LogP contribution in [0.5, 0.6) is 5.75 Å². The minimum absolute atomic E-state index is 0.132. The van der Waals surface area contributed by atoms with Crippen molar-refractivity contribution in [3.8, 4) is 16.9 Å². The van der Waals surface area contributed by atoms with Gasteiger partial charge in [-0.2, -0.15) is 13.2 Å². The highest BCUT2D eigenvalue weighted by Crippen LogP contribution is 2.32. The van der Waals surface area contributed by atoms with Gasteiger partial charge in [-0.25, -0.2) is 4.79 Å². The Labute approximate surface area is 217 Å². The number of anilines is 1. The largest absolute Gasteiger partial charge is 0.416 e. The SMILES string of the molecule is O=C(NC1Cc2ccc(NC(=O)c3ccccc3-c3ccc(C(F)(F)F)cc3)cc2C1)Oc1ccccc1. The summed E-state index contributed by atoms with van der Waals surface area (Å²) < 4.78 is 44.2. The molecule has 5 rings (SSSR count). The summed E-state index contributed by atoms with van der Waals surface area (Å²) in [5.74, 6) is 0.0849. The van der Waals surface area contributed by atoms with E-state index in [0.29, 0.717) is 41.0 Å². The fraction of sp³-hybridized carbons (Fsp3) is 0.133. The van der Waals surface area contributed by atoms with Gasteiger partial charge in [-0.05, 0) is 77.6 Å². The van der Waals surface area contributed by atoms with Crippen molar-refractivity contribution in [2.24, 2.45) is 0 Å². The first-order chi connectivity index (χ1) is 18.3. The van der Waals surface area contributed by atoms with Crippen LogP contribution in [0.2, 0.25) is 0 Å². The molecule has 0 saturated carbocycles. The van der Waals surface area contributed by atoms with Gasteiger partial charge in [0.2, 0.25) is 0 Å². The molecule has 0 bridgehead atoms. The number of para-hydroxylation sites is 1. The number of halogens is 3. The van der Waals surface area contributed by atoms with Crippen LogP contribution >= 0.6 is 0 Å². The lowest BCUT2D eigenvalue weighted by molar-refractivity contribution is -0.137. The quantitative estimate of drug-likeness (QED) is 0.304. The van der Waals surface area contributed by atoms with E-state index in [9.17, 15) is 22.8 Å². The second-order valence-electron chi connectivity index (χ2n) is 9.01. The minimum atomic E-state index is -4.43. The van der Waals surface area contributed by atoms with E-state index in [1.807, 2.05) is 18.2 Å². The number of ether oxygens (including phenoxy) is 1. The van der Waals surface area contributed by atoms with Gasteiger partial charge in [0.15, 0.2) is 0 Å². The van der Waals surface area contributed by atoms with E-state index in [4.69, 9.17) is 4.74 Å². The molecule has 2 amide bonds. The van der Waals surface area contributed by atoms with Crippen molar-refractivity contribution in [3.05, 3.63) is 119 Å². The van der Waals surface area contributed by atoms with E-state index < -0.39 is 17.8 Å². The third-order valence-corrected chi connectivity index (χ3v) is 6.37. The Morgan fingerprint density at radius 1 is 0.789 bits per heavy atom. The highest BCUT2D eigenvalue weighted by atomic mass is 19.4. The minimum Gasteiger partial charge on any atom is -0.410 e. The highest BCUT2D eigenvalue weighted by molar-refractivity contribution is 6.08. The third kappa shape index (κ3) is 5.70. The predicted octanol–water partition coefficient (Wildman–Crippen LogP) is 6.88. The number of fused-ring (bicyclic) bond motifs is 1. The predicted molar refractivity (Wildman–Crippen MR) is 138 cm³/mol. The number of amides is 2. The number of hydrogen-bond donors (Lipinski definition) is 2. The van der Waals surface area contributed by atoms with Crippen molar-refractivity contribution in [1.29, 1.82) is 0 Å². The summed E-state index contributed by atoms with van der Waals surface area (Å²) in [7, 11) is 0. The lowest BCUT2D eigenvalue weighted by Crippen LogP contribution is -2.37. The van der Waals surface area contributed by atoms with Crippen LogP contribution in [0.4, 0.5) is 23.7 Å². The number of carbonyl (C=O) groups excluding carboxylic acids is 2. The molecule has 4 aromatic rings. The maximum atomic E-state index is 13.2. The van der Waals surface area contributed by atoms with E-state index >= 15 is 0 Å². The van der Waals surface area contributed by atoms with Crippen molar-refractivity contribution in [3.63, 3.8) is 0 Å². The molecule has 0 saturated heterocycles. The lowest BCUT2D eigenvalue weighted by Gasteiger charge is -2.13. The molecule has 1 unspecified atom stereocenters. The second kappa shape index (κ2) is 10.4. The number of rotatable bonds is 5. The van der Waals surface area contributed by atoms with E-state index in [1.165, 1.54) is 12.1 Å². The van der Waals surface area contributed by atoms with E-state index in [2.05, 4.69) is 10.6 Å². The second-order valence-corrected chi connectivity index (χ2v) is 9.01. The Morgan fingerprint density at radius 3 is 2.21 bits per heavy atom. The first kappa shape index (κ1) is 25.1. The average molecular weight is 517 g/mol. The molecule has 0 spiro atoms. The Kier molecular flexibility index (Phi) is 6.87. The van der Waals surface area contributed by atoms with Gasteiger partial charge in [-0.3, -0.25) is 4.79 Å². The zero-order valence-corrected chi connectivity index (χ0v) is 20.1. The summed E-state index contributed by atoms with van der Waals surface area (Å²) in [5.41, 5.74) is 3.29. The first-order valence-corrected chi connectivity index (χ1v) is 12.0. The number of benzene rings is 4. The Bertz CT molecular complexity index is 1470. The fourth-order valence-corrected chi connectivity index (χ4v) is 4.56. The summed E-state index contributed by atoms with van der Waals surface area (Å²) in [6.45, 7) is 0. The monoisotopic (exact) mass is 516 g/mol. The van der Waals surface area contributed by atoms with Gasteiger partial charge in [0.25, 0.3) is 5.91 Å². The van der Waals surface area contributed by atoms with Crippen LogP contribution in [-0.2, 0) is 19.0 Å². The van der Waals surface area contributed by atoms with Gasteiger partial charge in [0.05, 0.1) is 5.56 Å². The molecule has 38 heavy (non-hydrogen) atoms. The van der Waals surface area contributed by atoms with Gasteiger partial charge in [-0.1, -0.05) is 54.6 Å². The summed E-state index contributed by atoms with van der Waals surface area (Å²) in [6.07, 6.45) is -3.72. The average Bonchev–Trinajstić information content (AvgIpc) is 3.30. The molecule has 1 atom stereocenters.